The molecule has 5 heteroatoms. The van der Waals surface area contributed by atoms with E-state index in [0.717, 1.165) is 50.8 Å². The van der Waals surface area contributed by atoms with E-state index < -0.39 is 0 Å². The SMILES string of the molecule is CC(C)Oc1cccc(OC(C)C)c1-c1cccc(-c2c(OC(C)C)cccc2OC(C)C)c1-c1ccccc1PC(C)(C)C. The third kappa shape index (κ3) is 8.82. The van der Waals surface area contributed by atoms with Crippen molar-refractivity contribution in [2.45, 2.75) is 106 Å². The molecule has 0 saturated heterocycles. The Morgan fingerprint density at radius 3 is 1.11 bits per heavy atom. The van der Waals surface area contributed by atoms with Gasteiger partial charge in [-0.05, 0) is 112 Å². The fraction of sp³-hybridized carbons (Fsp3) is 0.400. The van der Waals surface area contributed by atoms with Gasteiger partial charge in [-0.1, -0.05) is 83.9 Å². The zero-order chi connectivity index (χ0) is 32.9. The van der Waals surface area contributed by atoms with Crippen LogP contribution in [-0.4, -0.2) is 29.6 Å². The minimum Gasteiger partial charge on any atom is -0.490 e. The lowest BCUT2D eigenvalue weighted by atomic mass is 9.86. The second kappa shape index (κ2) is 14.7. The molecule has 4 aromatic carbocycles. The topological polar surface area (TPSA) is 36.9 Å². The van der Waals surface area contributed by atoms with E-state index in [1.165, 1.54) is 10.9 Å². The molecule has 1 unspecified atom stereocenters. The Morgan fingerprint density at radius 2 is 0.756 bits per heavy atom. The highest BCUT2D eigenvalue weighted by molar-refractivity contribution is 7.49. The van der Waals surface area contributed by atoms with Crippen LogP contribution in [0.4, 0.5) is 0 Å². The van der Waals surface area contributed by atoms with Gasteiger partial charge < -0.3 is 18.9 Å². The van der Waals surface area contributed by atoms with Crippen LogP contribution < -0.4 is 24.3 Å². The molecule has 45 heavy (non-hydrogen) atoms. The molecule has 0 radical (unpaired) electrons. The second-order valence-corrected chi connectivity index (χ2v) is 15.9. The van der Waals surface area contributed by atoms with E-state index in [0.29, 0.717) is 8.58 Å². The van der Waals surface area contributed by atoms with Crippen LogP contribution in [0.3, 0.4) is 0 Å². The van der Waals surface area contributed by atoms with Crippen LogP contribution in [0.2, 0.25) is 0 Å². The zero-order valence-electron chi connectivity index (χ0n) is 28.9. The molecular formula is C40H51O4P. The summed E-state index contributed by atoms with van der Waals surface area (Å²) in [5, 5.41) is 1.42. The first-order chi connectivity index (χ1) is 21.2. The smallest absolute Gasteiger partial charge is 0.131 e. The molecular weight excluding hydrogens is 575 g/mol. The third-order valence-corrected chi connectivity index (χ3v) is 8.19. The van der Waals surface area contributed by atoms with Crippen LogP contribution in [0.5, 0.6) is 23.0 Å². The van der Waals surface area contributed by atoms with Crippen molar-refractivity contribution in [1.29, 1.82) is 0 Å². The summed E-state index contributed by atoms with van der Waals surface area (Å²) < 4.78 is 26.0. The van der Waals surface area contributed by atoms with E-state index in [1.54, 1.807) is 0 Å². The lowest BCUT2D eigenvalue weighted by Crippen LogP contribution is -2.14. The van der Waals surface area contributed by atoms with E-state index in [9.17, 15) is 0 Å². The molecule has 4 aromatic rings. The zero-order valence-corrected chi connectivity index (χ0v) is 29.9. The van der Waals surface area contributed by atoms with Crippen LogP contribution in [0.1, 0.15) is 76.2 Å². The molecule has 0 bridgehead atoms. The van der Waals surface area contributed by atoms with E-state index in [4.69, 9.17) is 18.9 Å². The van der Waals surface area contributed by atoms with Gasteiger partial charge in [0.25, 0.3) is 0 Å². The van der Waals surface area contributed by atoms with Gasteiger partial charge in [0.2, 0.25) is 0 Å². The second-order valence-electron chi connectivity index (χ2n) is 13.6. The lowest BCUT2D eigenvalue weighted by molar-refractivity contribution is 0.231. The predicted molar refractivity (Wildman–Crippen MR) is 194 cm³/mol. The number of rotatable bonds is 12. The van der Waals surface area contributed by atoms with Crippen molar-refractivity contribution in [3.05, 3.63) is 78.9 Å². The molecule has 0 fully saturated rings. The minimum atomic E-state index is -0.00875. The Kier molecular flexibility index (Phi) is 11.3. The van der Waals surface area contributed by atoms with Gasteiger partial charge in [0.05, 0.1) is 35.5 Å². The summed E-state index contributed by atoms with van der Waals surface area (Å²) in [6.45, 7) is 23.4. The van der Waals surface area contributed by atoms with Gasteiger partial charge in [-0.15, -0.1) is 0 Å². The average Bonchev–Trinajstić information content (AvgIpc) is 2.91. The summed E-state index contributed by atoms with van der Waals surface area (Å²) in [6, 6.07) is 27.5. The lowest BCUT2D eigenvalue weighted by Gasteiger charge is -2.27. The normalized spacial score (nSPS) is 12.2. The van der Waals surface area contributed by atoms with Crippen molar-refractivity contribution in [1.82, 2.24) is 0 Å². The van der Waals surface area contributed by atoms with Crippen LogP contribution in [0.15, 0.2) is 78.9 Å². The molecule has 0 aliphatic heterocycles. The van der Waals surface area contributed by atoms with Crippen LogP contribution in [0.25, 0.3) is 33.4 Å². The number of ether oxygens (including phenoxy) is 4. The summed E-state index contributed by atoms with van der Waals surface area (Å²) in [7, 11) is 0.595. The van der Waals surface area contributed by atoms with Crippen molar-refractivity contribution in [3.63, 3.8) is 0 Å². The quantitative estimate of drug-likeness (QED) is 0.147. The van der Waals surface area contributed by atoms with Crippen molar-refractivity contribution in [3.8, 4) is 56.4 Å². The largest absolute Gasteiger partial charge is 0.490 e. The van der Waals surface area contributed by atoms with Gasteiger partial charge in [0.1, 0.15) is 23.0 Å². The maximum absolute atomic E-state index is 6.49. The summed E-state index contributed by atoms with van der Waals surface area (Å²) in [5.74, 6) is 3.18. The highest BCUT2D eigenvalue weighted by Gasteiger charge is 2.27. The molecule has 4 rings (SSSR count). The van der Waals surface area contributed by atoms with Crippen LogP contribution >= 0.6 is 8.58 Å². The Balaban J connectivity index is 2.21. The molecule has 0 N–H and O–H groups in total. The minimum absolute atomic E-state index is 0.00875. The average molecular weight is 627 g/mol. The third-order valence-electron chi connectivity index (χ3n) is 6.74. The van der Waals surface area contributed by atoms with Gasteiger partial charge in [0, 0.05) is 0 Å². The van der Waals surface area contributed by atoms with Crippen molar-refractivity contribution >= 4 is 13.9 Å². The van der Waals surface area contributed by atoms with E-state index in [2.05, 4.69) is 119 Å². The maximum atomic E-state index is 6.49. The standard InChI is InChI=1S/C40H51O4P/c1-25(2)41-32-20-15-21-33(42-26(3)4)38(32)30-18-14-19-31(37(30)29-17-12-13-24-36(29)45-40(9,10)11)39-34(43-27(5)6)22-16-23-35(39)44-28(7)8/h12-28,45H,1-11H3. The van der Waals surface area contributed by atoms with E-state index in [-0.39, 0.29) is 29.6 Å². The summed E-state index contributed by atoms with van der Waals surface area (Å²) in [6.07, 6.45) is -0.0350. The van der Waals surface area contributed by atoms with Crippen molar-refractivity contribution in [2.24, 2.45) is 0 Å². The first-order valence-electron chi connectivity index (χ1n) is 16.2. The molecule has 0 aliphatic carbocycles. The van der Waals surface area contributed by atoms with Gasteiger partial charge in [0.15, 0.2) is 0 Å². The Bertz CT molecular complexity index is 1440. The molecule has 0 amide bonds. The van der Waals surface area contributed by atoms with Crippen molar-refractivity contribution in [2.75, 3.05) is 0 Å². The Morgan fingerprint density at radius 1 is 0.422 bits per heavy atom. The van der Waals surface area contributed by atoms with Gasteiger partial charge in [-0.2, -0.15) is 0 Å². The van der Waals surface area contributed by atoms with Gasteiger partial charge in [-0.3, -0.25) is 0 Å². The monoisotopic (exact) mass is 626 g/mol. The number of benzene rings is 4. The Hall–Kier alpha value is -3.49. The molecule has 4 nitrogen and oxygen atoms in total. The summed E-state index contributed by atoms with van der Waals surface area (Å²) >= 11 is 0. The highest BCUT2D eigenvalue weighted by Crippen LogP contribution is 2.51. The van der Waals surface area contributed by atoms with Gasteiger partial charge in [-0.25, -0.2) is 0 Å². The predicted octanol–water partition coefficient (Wildman–Crippen LogP) is 10.9. The molecule has 1 atom stereocenters. The fourth-order valence-corrected chi connectivity index (χ4v) is 6.77. The number of hydrogen-bond acceptors (Lipinski definition) is 4. The van der Waals surface area contributed by atoms with E-state index >= 15 is 0 Å². The Labute approximate surface area is 273 Å². The van der Waals surface area contributed by atoms with Crippen LogP contribution in [-0.2, 0) is 0 Å². The van der Waals surface area contributed by atoms with E-state index in [1.807, 2.05) is 36.4 Å². The molecule has 240 valence electrons. The van der Waals surface area contributed by atoms with Gasteiger partial charge >= 0.3 is 0 Å². The summed E-state index contributed by atoms with van der Waals surface area (Å²) in [4.78, 5) is 0. The molecule has 0 saturated carbocycles. The van der Waals surface area contributed by atoms with Crippen molar-refractivity contribution < 1.29 is 18.9 Å². The number of hydrogen-bond donors (Lipinski definition) is 0. The molecule has 0 aliphatic rings. The fourth-order valence-electron chi connectivity index (χ4n) is 5.43. The summed E-state index contributed by atoms with van der Waals surface area (Å²) in [5.41, 5.74) is 6.26. The molecule has 0 heterocycles. The maximum Gasteiger partial charge on any atom is 0.131 e. The molecule has 0 aromatic heterocycles. The first kappa shape index (κ1) is 34.4. The molecule has 0 spiro atoms. The first-order valence-corrected chi connectivity index (χ1v) is 17.2. The van der Waals surface area contributed by atoms with Crippen LogP contribution in [0, 0.1) is 0 Å². The highest BCUT2D eigenvalue weighted by atomic mass is 31.1.